The van der Waals surface area contributed by atoms with Gasteiger partial charge >= 0.3 is 11.9 Å². The molecule has 0 aromatic heterocycles. The lowest BCUT2D eigenvalue weighted by atomic mass is 10.0. The van der Waals surface area contributed by atoms with Gasteiger partial charge in [-0.05, 0) is 19.3 Å². The minimum absolute atomic E-state index is 0.0223. The molecule has 0 heterocycles. The van der Waals surface area contributed by atoms with Crippen LogP contribution in [0.3, 0.4) is 0 Å². The van der Waals surface area contributed by atoms with Crippen molar-refractivity contribution in [1.82, 2.24) is 21.7 Å². The number of carbonyl (C=O) groups is 4. The molecule has 0 unspecified atom stereocenters. The van der Waals surface area contributed by atoms with E-state index in [1.54, 1.807) is 7.05 Å². The topological polar surface area (TPSA) is 157 Å². The predicted octanol–water partition coefficient (Wildman–Crippen LogP) is 1.86. The van der Waals surface area contributed by atoms with Gasteiger partial charge in [0.25, 0.3) is 0 Å². The van der Waals surface area contributed by atoms with E-state index in [0.717, 1.165) is 57.8 Å². The number of hydrazine groups is 2. The van der Waals surface area contributed by atoms with Crippen LogP contribution in [0.2, 0.25) is 0 Å². The Hall–Kier alpha value is -2.20. The zero-order valence-electron chi connectivity index (χ0n) is 18.0. The Morgan fingerprint density at radius 1 is 0.700 bits per heavy atom. The molecule has 174 valence electrons. The quantitative estimate of drug-likeness (QED) is 0.126. The molecule has 2 amide bonds. The van der Waals surface area contributed by atoms with Gasteiger partial charge in [-0.25, -0.2) is 10.2 Å². The monoisotopic (exact) mass is 430 g/mol. The lowest BCUT2D eigenvalue weighted by Gasteiger charge is -2.14. The Kier molecular flexibility index (Phi) is 17.4. The molecule has 0 aliphatic heterocycles. The number of hydrogen-bond acceptors (Lipinski definition) is 6. The molecule has 0 bridgehead atoms. The number of aliphatic carboxylic acids is 2. The molecular formula is C20H38N4O6. The van der Waals surface area contributed by atoms with Crippen LogP contribution in [0, 0.1) is 0 Å². The van der Waals surface area contributed by atoms with Crippen molar-refractivity contribution in [3.63, 3.8) is 0 Å². The molecule has 1 atom stereocenters. The molecule has 0 aliphatic carbocycles. The molecule has 0 aromatic carbocycles. The normalized spacial score (nSPS) is 11.6. The lowest BCUT2D eigenvalue weighted by Crippen LogP contribution is -2.46. The molecule has 0 rings (SSSR count). The third-order valence-corrected chi connectivity index (χ3v) is 4.66. The Morgan fingerprint density at radius 2 is 1.20 bits per heavy atom. The summed E-state index contributed by atoms with van der Waals surface area (Å²) in [5.41, 5.74) is 7.25. The molecular weight excluding hydrogens is 392 g/mol. The van der Waals surface area contributed by atoms with E-state index in [1.165, 1.54) is 0 Å². The summed E-state index contributed by atoms with van der Waals surface area (Å²) in [6.45, 7) is 0. The molecule has 0 saturated heterocycles. The standard InChI is InChI=1S/C20H38N4O6/c1-21-24-23-18(26)15-14-16(20(29)30)22-17(25)12-10-8-6-4-2-3-5-7-9-11-13-19(27)28/h16,21,24H,2-15H2,1H3,(H,22,25)(H,23,26)(H,27,28)(H,29,30)/t16-/m0/s1. The SMILES string of the molecule is CNNNC(=O)CC[C@H](NC(=O)CCCCCCCCCCCCC(=O)O)C(=O)O. The van der Waals surface area contributed by atoms with Crippen molar-refractivity contribution in [2.45, 2.75) is 95.9 Å². The number of carbonyl (C=O) groups excluding carboxylic acids is 2. The Morgan fingerprint density at radius 3 is 1.67 bits per heavy atom. The van der Waals surface area contributed by atoms with Crippen LogP contribution in [0.1, 0.15) is 89.9 Å². The second-order valence-electron chi connectivity index (χ2n) is 7.35. The van der Waals surface area contributed by atoms with Gasteiger partial charge in [-0.1, -0.05) is 51.4 Å². The summed E-state index contributed by atoms with van der Waals surface area (Å²) in [6.07, 6.45) is 10.5. The number of unbranched alkanes of at least 4 members (excludes halogenated alkanes) is 9. The van der Waals surface area contributed by atoms with Crippen LogP contribution < -0.4 is 21.7 Å². The molecule has 10 nitrogen and oxygen atoms in total. The van der Waals surface area contributed by atoms with E-state index in [2.05, 4.69) is 21.7 Å². The molecule has 0 radical (unpaired) electrons. The van der Waals surface area contributed by atoms with Crippen molar-refractivity contribution in [3.05, 3.63) is 0 Å². The summed E-state index contributed by atoms with van der Waals surface area (Å²) in [5.74, 6) is -2.56. The maximum atomic E-state index is 11.9. The summed E-state index contributed by atoms with van der Waals surface area (Å²) < 4.78 is 0. The van der Waals surface area contributed by atoms with Gasteiger partial charge in [0.05, 0.1) is 0 Å². The van der Waals surface area contributed by atoms with Crippen molar-refractivity contribution in [1.29, 1.82) is 0 Å². The van der Waals surface area contributed by atoms with E-state index in [-0.39, 0.29) is 37.5 Å². The molecule has 0 spiro atoms. The van der Waals surface area contributed by atoms with Crippen LogP contribution in [-0.4, -0.2) is 47.1 Å². The van der Waals surface area contributed by atoms with Crippen LogP contribution in [0.25, 0.3) is 0 Å². The van der Waals surface area contributed by atoms with E-state index in [1.807, 2.05) is 0 Å². The Labute approximate surface area is 178 Å². The van der Waals surface area contributed by atoms with E-state index < -0.39 is 18.0 Å². The van der Waals surface area contributed by atoms with Crippen molar-refractivity contribution in [2.24, 2.45) is 0 Å². The van der Waals surface area contributed by atoms with Crippen LogP contribution in [-0.2, 0) is 19.2 Å². The van der Waals surface area contributed by atoms with Crippen LogP contribution in [0.15, 0.2) is 0 Å². The zero-order chi connectivity index (χ0) is 22.6. The van der Waals surface area contributed by atoms with E-state index in [9.17, 15) is 24.3 Å². The average Bonchev–Trinajstić information content (AvgIpc) is 2.69. The highest BCUT2D eigenvalue weighted by Gasteiger charge is 2.20. The highest BCUT2D eigenvalue weighted by Crippen LogP contribution is 2.12. The van der Waals surface area contributed by atoms with Crippen molar-refractivity contribution >= 4 is 23.8 Å². The highest BCUT2D eigenvalue weighted by molar-refractivity contribution is 5.84. The predicted molar refractivity (Wildman–Crippen MR) is 112 cm³/mol. The summed E-state index contributed by atoms with van der Waals surface area (Å²) in [7, 11) is 1.58. The number of hydrogen-bond donors (Lipinski definition) is 6. The Balaban J connectivity index is 3.68. The first-order chi connectivity index (χ1) is 14.4. The number of amides is 2. The smallest absolute Gasteiger partial charge is 0.326 e. The molecule has 0 aromatic rings. The highest BCUT2D eigenvalue weighted by atomic mass is 16.4. The summed E-state index contributed by atoms with van der Waals surface area (Å²) in [5, 5.41) is 20.2. The molecule has 10 heteroatoms. The number of carboxylic acid groups (broad SMARTS) is 2. The van der Waals surface area contributed by atoms with E-state index in [0.29, 0.717) is 6.42 Å². The van der Waals surface area contributed by atoms with Crippen LogP contribution in [0.5, 0.6) is 0 Å². The third kappa shape index (κ3) is 17.9. The van der Waals surface area contributed by atoms with Crippen molar-refractivity contribution < 1.29 is 29.4 Å². The zero-order valence-corrected chi connectivity index (χ0v) is 18.0. The fourth-order valence-corrected chi connectivity index (χ4v) is 2.97. The second kappa shape index (κ2) is 18.8. The van der Waals surface area contributed by atoms with Gasteiger partial charge in [-0.2, -0.15) is 5.53 Å². The first kappa shape index (κ1) is 27.8. The lowest BCUT2D eigenvalue weighted by molar-refractivity contribution is -0.142. The van der Waals surface area contributed by atoms with Crippen LogP contribution in [0.4, 0.5) is 0 Å². The van der Waals surface area contributed by atoms with Gasteiger partial charge in [0.15, 0.2) is 0 Å². The van der Waals surface area contributed by atoms with Gasteiger partial charge in [0.2, 0.25) is 11.8 Å². The fraction of sp³-hybridized carbons (Fsp3) is 0.800. The van der Waals surface area contributed by atoms with Gasteiger partial charge in [0, 0.05) is 26.3 Å². The minimum atomic E-state index is -1.15. The maximum Gasteiger partial charge on any atom is 0.326 e. The van der Waals surface area contributed by atoms with Crippen molar-refractivity contribution in [2.75, 3.05) is 7.05 Å². The first-order valence-electron chi connectivity index (χ1n) is 10.8. The molecule has 0 saturated carbocycles. The van der Waals surface area contributed by atoms with E-state index in [4.69, 9.17) is 5.11 Å². The Bertz CT molecular complexity index is 516. The number of rotatable bonds is 20. The van der Waals surface area contributed by atoms with Crippen LogP contribution >= 0.6 is 0 Å². The van der Waals surface area contributed by atoms with Gasteiger partial charge in [0.1, 0.15) is 6.04 Å². The fourth-order valence-electron chi connectivity index (χ4n) is 2.97. The summed E-state index contributed by atoms with van der Waals surface area (Å²) in [4.78, 5) is 45.1. The third-order valence-electron chi connectivity index (χ3n) is 4.66. The second-order valence-corrected chi connectivity index (χ2v) is 7.35. The first-order valence-corrected chi connectivity index (χ1v) is 10.8. The van der Waals surface area contributed by atoms with E-state index >= 15 is 0 Å². The molecule has 6 N–H and O–H groups in total. The average molecular weight is 431 g/mol. The summed E-state index contributed by atoms with van der Waals surface area (Å²) in [6, 6.07) is -1.08. The minimum Gasteiger partial charge on any atom is -0.481 e. The maximum absolute atomic E-state index is 11.9. The largest absolute Gasteiger partial charge is 0.481 e. The van der Waals surface area contributed by atoms with Crippen molar-refractivity contribution in [3.8, 4) is 0 Å². The van der Waals surface area contributed by atoms with Gasteiger partial charge < -0.3 is 15.5 Å². The number of carboxylic acids is 2. The summed E-state index contributed by atoms with van der Waals surface area (Å²) >= 11 is 0. The van der Waals surface area contributed by atoms with Gasteiger partial charge in [-0.3, -0.25) is 19.8 Å². The molecule has 0 aliphatic rings. The molecule has 0 fully saturated rings. The number of nitrogens with one attached hydrogen (secondary N) is 4. The molecule has 30 heavy (non-hydrogen) atoms. The van der Waals surface area contributed by atoms with Gasteiger partial charge in [-0.15, -0.1) is 0 Å².